The molecule has 2 aromatic carbocycles. The van der Waals surface area contributed by atoms with Crippen LogP contribution in [-0.4, -0.2) is 15.4 Å². The Morgan fingerprint density at radius 3 is 2.65 bits per heavy atom. The van der Waals surface area contributed by atoms with Gasteiger partial charge in [0.05, 0.1) is 10.6 Å². The van der Waals surface area contributed by atoms with E-state index in [1.807, 2.05) is 6.07 Å². The molecule has 0 aliphatic rings. The van der Waals surface area contributed by atoms with Crippen LogP contribution in [-0.2, 0) is 12.8 Å². The third kappa shape index (κ3) is 3.78. The number of alkyl halides is 3. The van der Waals surface area contributed by atoms with E-state index < -0.39 is 11.7 Å². The lowest BCUT2D eigenvalue weighted by atomic mass is 10.1. The van der Waals surface area contributed by atoms with Crippen LogP contribution in [0.25, 0.3) is 11.3 Å². The molecule has 0 saturated heterocycles. The van der Waals surface area contributed by atoms with Gasteiger partial charge < -0.3 is 4.74 Å². The predicted molar refractivity (Wildman–Crippen MR) is 87.3 cm³/mol. The summed E-state index contributed by atoms with van der Waals surface area (Å²) in [7, 11) is 0. The van der Waals surface area contributed by atoms with E-state index in [0.29, 0.717) is 22.6 Å². The average molecular weight is 379 g/mol. The first-order chi connectivity index (χ1) is 12.4. The van der Waals surface area contributed by atoms with Crippen molar-refractivity contribution in [1.82, 2.24) is 15.4 Å². The minimum absolute atomic E-state index is 0.0730. The van der Waals surface area contributed by atoms with Gasteiger partial charge in [0.1, 0.15) is 24.1 Å². The first kappa shape index (κ1) is 17.8. The van der Waals surface area contributed by atoms with Crippen molar-refractivity contribution in [2.45, 2.75) is 12.8 Å². The second-order valence-corrected chi connectivity index (χ2v) is 5.67. The Hall–Kier alpha value is -3.05. The van der Waals surface area contributed by atoms with Crippen molar-refractivity contribution < 1.29 is 17.9 Å². The fourth-order valence-electron chi connectivity index (χ4n) is 2.27. The Bertz CT molecular complexity index is 979. The number of aromatic nitrogens is 3. The van der Waals surface area contributed by atoms with Crippen LogP contribution in [0.15, 0.2) is 42.5 Å². The van der Waals surface area contributed by atoms with Crippen LogP contribution in [0.4, 0.5) is 13.2 Å². The quantitative estimate of drug-likeness (QED) is 0.720. The summed E-state index contributed by atoms with van der Waals surface area (Å²) in [5.74, 6) is 0.301. The SMILES string of the molecule is N#Cc1n[nH]nc1-c1ccc(OCc2cccc(C(F)(F)F)c2)c(Cl)c1. The molecule has 0 atom stereocenters. The van der Waals surface area contributed by atoms with Gasteiger partial charge >= 0.3 is 6.18 Å². The number of nitrogens with zero attached hydrogens (tertiary/aromatic N) is 3. The molecule has 1 aromatic heterocycles. The zero-order valence-electron chi connectivity index (χ0n) is 13.0. The lowest BCUT2D eigenvalue weighted by molar-refractivity contribution is -0.137. The molecule has 0 bridgehead atoms. The lowest BCUT2D eigenvalue weighted by Gasteiger charge is -2.11. The maximum Gasteiger partial charge on any atom is 0.416 e. The largest absolute Gasteiger partial charge is 0.487 e. The zero-order chi connectivity index (χ0) is 18.7. The Balaban J connectivity index is 1.77. The molecule has 26 heavy (non-hydrogen) atoms. The number of hydrogen-bond acceptors (Lipinski definition) is 4. The number of halogens is 4. The second-order valence-electron chi connectivity index (χ2n) is 5.26. The van der Waals surface area contributed by atoms with E-state index in [1.54, 1.807) is 18.2 Å². The second kappa shape index (κ2) is 7.06. The van der Waals surface area contributed by atoms with Crippen molar-refractivity contribution in [2.24, 2.45) is 0 Å². The number of benzene rings is 2. The van der Waals surface area contributed by atoms with Crippen LogP contribution in [0.5, 0.6) is 5.75 Å². The van der Waals surface area contributed by atoms with Crippen LogP contribution in [0, 0.1) is 11.3 Å². The van der Waals surface area contributed by atoms with Crippen LogP contribution < -0.4 is 4.74 Å². The highest BCUT2D eigenvalue weighted by Crippen LogP contribution is 2.32. The molecule has 1 heterocycles. The van der Waals surface area contributed by atoms with Crippen molar-refractivity contribution in [2.75, 3.05) is 0 Å². The molecular formula is C17H10ClF3N4O. The van der Waals surface area contributed by atoms with Gasteiger partial charge in [0.25, 0.3) is 0 Å². The third-order valence-electron chi connectivity index (χ3n) is 3.51. The molecular weight excluding hydrogens is 369 g/mol. The third-order valence-corrected chi connectivity index (χ3v) is 3.80. The van der Waals surface area contributed by atoms with Gasteiger partial charge in [0.15, 0.2) is 5.69 Å². The molecule has 1 N–H and O–H groups in total. The first-order valence-corrected chi connectivity index (χ1v) is 7.66. The van der Waals surface area contributed by atoms with Crippen LogP contribution in [0.2, 0.25) is 5.02 Å². The van der Waals surface area contributed by atoms with Crippen LogP contribution in [0.3, 0.4) is 0 Å². The Labute approximate surface area is 151 Å². The monoisotopic (exact) mass is 378 g/mol. The average Bonchev–Trinajstić information content (AvgIpc) is 3.09. The Morgan fingerprint density at radius 1 is 1.15 bits per heavy atom. The molecule has 0 saturated carbocycles. The van der Waals surface area contributed by atoms with E-state index in [0.717, 1.165) is 12.1 Å². The minimum atomic E-state index is -4.41. The number of H-pyrrole nitrogens is 1. The summed E-state index contributed by atoms with van der Waals surface area (Å²) in [6.07, 6.45) is -4.41. The van der Waals surface area contributed by atoms with E-state index >= 15 is 0 Å². The van der Waals surface area contributed by atoms with Gasteiger partial charge in [-0.3, -0.25) is 0 Å². The molecule has 5 nitrogen and oxygen atoms in total. The van der Waals surface area contributed by atoms with Gasteiger partial charge in [-0.15, -0.1) is 5.10 Å². The van der Waals surface area contributed by atoms with Gasteiger partial charge in [-0.2, -0.15) is 28.7 Å². The maximum atomic E-state index is 12.7. The van der Waals surface area contributed by atoms with E-state index in [-0.39, 0.29) is 17.3 Å². The molecule has 0 amide bonds. The fourth-order valence-corrected chi connectivity index (χ4v) is 2.51. The zero-order valence-corrected chi connectivity index (χ0v) is 13.8. The number of rotatable bonds is 4. The summed E-state index contributed by atoms with van der Waals surface area (Å²) in [4.78, 5) is 0. The predicted octanol–water partition coefficient (Wildman–Crippen LogP) is 4.59. The molecule has 0 spiro atoms. The molecule has 0 unspecified atom stereocenters. The standard InChI is InChI=1S/C17H10ClF3N4O/c18-13-7-11(16-14(8-22)23-25-24-16)4-5-15(13)26-9-10-2-1-3-12(6-10)17(19,20)21/h1-7H,9H2,(H,23,24,25). The van der Waals surface area contributed by atoms with Crippen molar-refractivity contribution >= 4 is 11.6 Å². The molecule has 0 aliphatic carbocycles. The van der Waals surface area contributed by atoms with Gasteiger partial charge in [-0.1, -0.05) is 23.7 Å². The normalized spacial score (nSPS) is 11.2. The summed E-state index contributed by atoms with van der Waals surface area (Å²) in [5, 5.41) is 19.2. The maximum absolute atomic E-state index is 12.7. The molecule has 0 radical (unpaired) electrons. The fraction of sp³-hybridized carbons (Fsp3) is 0.118. The van der Waals surface area contributed by atoms with Crippen molar-refractivity contribution in [3.8, 4) is 23.1 Å². The van der Waals surface area contributed by atoms with Crippen molar-refractivity contribution in [1.29, 1.82) is 5.26 Å². The van der Waals surface area contributed by atoms with Crippen molar-refractivity contribution in [3.05, 3.63) is 64.3 Å². The topological polar surface area (TPSA) is 74.6 Å². The van der Waals surface area contributed by atoms with E-state index in [9.17, 15) is 13.2 Å². The summed E-state index contributed by atoms with van der Waals surface area (Å²) in [6, 6.07) is 11.5. The highest BCUT2D eigenvalue weighted by Gasteiger charge is 2.30. The van der Waals surface area contributed by atoms with Crippen LogP contribution in [0.1, 0.15) is 16.8 Å². The number of nitrogens with one attached hydrogen (secondary N) is 1. The number of ether oxygens (including phenoxy) is 1. The van der Waals surface area contributed by atoms with E-state index in [4.69, 9.17) is 21.6 Å². The highest BCUT2D eigenvalue weighted by atomic mass is 35.5. The summed E-state index contributed by atoms with van der Waals surface area (Å²) < 4.78 is 43.7. The number of nitriles is 1. The van der Waals surface area contributed by atoms with Crippen LogP contribution >= 0.6 is 11.6 Å². The van der Waals surface area contributed by atoms with Gasteiger partial charge in [0, 0.05) is 5.56 Å². The Kier molecular flexibility index (Phi) is 4.82. The molecule has 3 aromatic rings. The summed E-state index contributed by atoms with van der Waals surface area (Å²) >= 11 is 6.17. The van der Waals surface area contributed by atoms with Gasteiger partial charge in [0.2, 0.25) is 0 Å². The lowest BCUT2D eigenvalue weighted by Crippen LogP contribution is -2.06. The molecule has 132 valence electrons. The first-order valence-electron chi connectivity index (χ1n) is 7.28. The number of hydrogen-bond donors (Lipinski definition) is 1. The van der Waals surface area contributed by atoms with E-state index in [2.05, 4.69) is 15.4 Å². The molecule has 0 fully saturated rings. The summed E-state index contributed by atoms with van der Waals surface area (Å²) in [6.45, 7) is -0.0730. The Morgan fingerprint density at radius 2 is 1.96 bits per heavy atom. The molecule has 0 aliphatic heterocycles. The summed E-state index contributed by atoms with van der Waals surface area (Å²) in [5.41, 5.74) is 0.655. The van der Waals surface area contributed by atoms with E-state index in [1.165, 1.54) is 12.1 Å². The minimum Gasteiger partial charge on any atom is -0.487 e. The highest BCUT2D eigenvalue weighted by molar-refractivity contribution is 6.32. The molecule has 9 heteroatoms. The van der Waals surface area contributed by atoms with Gasteiger partial charge in [-0.05, 0) is 35.9 Å². The van der Waals surface area contributed by atoms with Gasteiger partial charge in [-0.25, -0.2) is 0 Å². The smallest absolute Gasteiger partial charge is 0.416 e. The number of aromatic amines is 1. The molecule has 3 rings (SSSR count). The van der Waals surface area contributed by atoms with Crippen molar-refractivity contribution in [3.63, 3.8) is 0 Å².